The largest absolute Gasteiger partial charge is 0.391 e. The third-order valence-corrected chi connectivity index (χ3v) is 1.23. The molecule has 0 N–H and O–H groups in total. The number of hydrogen-bond acceptors (Lipinski definition) is 1. The topological polar surface area (TPSA) is 9.23 Å². The van der Waals surface area contributed by atoms with Crippen LogP contribution in [0.25, 0.3) is 0 Å². The number of halogens is 3. The molecule has 12 heavy (non-hydrogen) atoms. The second-order valence-corrected chi connectivity index (χ2v) is 2.41. The normalized spacial score (nSPS) is 11.6. The molecule has 0 bridgehead atoms. The first-order valence-electron chi connectivity index (χ1n) is 3.81. The monoisotopic (exact) mass is 182 g/mol. The lowest BCUT2D eigenvalue weighted by Gasteiger charge is -2.06. The van der Waals surface area contributed by atoms with Gasteiger partial charge in [-0.15, -0.1) is 6.58 Å². The molecule has 0 aliphatic heterocycles. The van der Waals surface area contributed by atoms with E-state index in [1.165, 1.54) is 0 Å². The van der Waals surface area contributed by atoms with Crippen LogP contribution in [0.1, 0.15) is 19.3 Å². The van der Waals surface area contributed by atoms with E-state index in [-0.39, 0.29) is 6.61 Å². The average molecular weight is 182 g/mol. The zero-order valence-corrected chi connectivity index (χ0v) is 6.86. The Hall–Kier alpha value is -0.510. The van der Waals surface area contributed by atoms with Crippen molar-refractivity contribution >= 4 is 0 Å². The first-order valence-corrected chi connectivity index (χ1v) is 3.81. The summed E-state index contributed by atoms with van der Waals surface area (Å²) in [6, 6.07) is 0. The Morgan fingerprint density at radius 3 is 2.42 bits per heavy atom. The number of alkyl halides is 3. The summed E-state index contributed by atoms with van der Waals surface area (Å²) in [6.45, 7) is 3.62. The standard InChI is InChI=1S/C8H13F3O/c1-2-3-4-6-12-7-5-8(9,10)11/h2H,1,3-7H2. The Morgan fingerprint density at radius 2 is 1.92 bits per heavy atom. The van der Waals surface area contributed by atoms with Crippen LogP contribution in [-0.2, 0) is 4.74 Å². The van der Waals surface area contributed by atoms with Crippen molar-refractivity contribution in [3.05, 3.63) is 12.7 Å². The molecule has 0 spiro atoms. The van der Waals surface area contributed by atoms with Crippen molar-refractivity contribution in [3.63, 3.8) is 0 Å². The van der Waals surface area contributed by atoms with Gasteiger partial charge in [-0.05, 0) is 12.8 Å². The fourth-order valence-electron chi connectivity index (χ4n) is 0.620. The van der Waals surface area contributed by atoms with E-state index < -0.39 is 12.6 Å². The van der Waals surface area contributed by atoms with E-state index >= 15 is 0 Å². The van der Waals surface area contributed by atoms with Gasteiger partial charge in [-0.25, -0.2) is 0 Å². The van der Waals surface area contributed by atoms with Crippen molar-refractivity contribution < 1.29 is 17.9 Å². The van der Waals surface area contributed by atoms with Crippen LogP contribution in [-0.4, -0.2) is 19.4 Å². The molecular formula is C8H13F3O. The Morgan fingerprint density at radius 1 is 1.25 bits per heavy atom. The SMILES string of the molecule is C=CCCCOCCC(F)(F)F. The first kappa shape index (κ1) is 11.5. The highest BCUT2D eigenvalue weighted by molar-refractivity contribution is 4.64. The molecule has 0 fully saturated rings. The van der Waals surface area contributed by atoms with E-state index in [9.17, 15) is 13.2 Å². The van der Waals surface area contributed by atoms with Crippen molar-refractivity contribution in [1.82, 2.24) is 0 Å². The maximum atomic E-state index is 11.5. The molecule has 0 amide bonds. The van der Waals surface area contributed by atoms with Crippen molar-refractivity contribution in [2.75, 3.05) is 13.2 Å². The summed E-state index contributed by atoms with van der Waals surface area (Å²) in [7, 11) is 0. The predicted octanol–water partition coefficient (Wildman–Crippen LogP) is 2.92. The van der Waals surface area contributed by atoms with E-state index in [4.69, 9.17) is 4.74 Å². The smallest absolute Gasteiger partial charge is 0.381 e. The summed E-state index contributed by atoms with van der Waals surface area (Å²) >= 11 is 0. The van der Waals surface area contributed by atoms with Crippen LogP contribution in [0.15, 0.2) is 12.7 Å². The van der Waals surface area contributed by atoms with Gasteiger partial charge in [0, 0.05) is 6.61 Å². The summed E-state index contributed by atoms with van der Waals surface area (Å²) in [5, 5.41) is 0. The molecular weight excluding hydrogens is 169 g/mol. The number of ether oxygens (including phenoxy) is 1. The van der Waals surface area contributed by atoms with Crippen LogP contribution in [0.5, 0.6) is 0 Å². The van der Waals surface area contributed by atoms with Gasteiger partial charge in [-0.1, -0.05) is 6.08 Å². The molecule has 0 aromatic heterocycles. The highest BCUT2D eigenvalue weighted by Crippen LogP contribution is 2.18. The van der Waals surface area contributed by atoms with E-state index in [2.05, 4.69) is 6.58 Å². The van der Waals surface area contributed by atoms with Crippen molar-refractivity contribution in [2.24, 2.45) is 0 Å². The third kappa shape index (κ3) is 9.49. The van der Waals surface area contributed by atoms with Gasteiger partial charge in [-0.2, -0.15) is 13.2 Å². The Labute approximate surface area is 70.2 Å². The molecule has 0 aromatic carbocycles. The Balaban J connectivity index is 3.06. The minimum Gasteiger partial charge on any atom is -0.381 e. The fourth-order valence-corrected chi connectivity index (χ4v) is 0.620. The number of unbranched alkanes of at least 4 members (excludes halogenated alkanes) is 1. The van der Waals surface area contributed by atoms with Gasteiger partial charge in [0.25, 0.3) is 0 Å². The van der Waals surface area contributed by atoms with E-state index in [0.29, 0.717) is 6.61 Å². The molecule has 4 heteroatoms. The highest BCUT2D eigenvalue weighted by Gasteiger charge is 2.26. The van der Waals surface area contributed by atoms with Crippen molar-refractivity contribution in [2.45, 2.75) is 25.4 Å². The van der Waals surface area contributed by atoms with Crippen LogP contribution in [0.3, 0.4) is 0 Å². The predicted molar refractivity (Wildman–Crippen MR) is 40.9 cm³/mol. The number of allylic oxidation sites excluding steroid dienone is 1. The molecule has 0 radical (unpaired) electrons. The van der Waals surface area contributed by atoms with E-state index in [1.54, 1.807) is 6.08 Å². The zero-order valence-electron chi connectivity index (χ0n) is 6.86. The Kier molecular flexibility index (Phi) is 5.80. The van der Waals surface area contributed by atoms with Gasteiger partial charge in [0.15, 0.2) is 0 Å². The van der Waals surface area contributed by atoms with Gasteiger partial charge >= 0.3 is 6.18 Å². The highest BCUT2D eigenvalue weighted by atomic mass is 19.4. The summed E-state index contributed by atoms with van der Waals surface area (Å²) in [5.74, 6) is 0. The fraction of sp³-hybridized carbons (Fsp3) is 0.750. The van der Waals surface area contributed by atoms with Crippen molar-refractivity contribution in [1.29, 1.82) is 0 Å². The summed E-state index contributed by atoms with van der Waals surface area (Å²) in [4.78, 5) is 0. The quantitative estimate of drug-likeness (QED) is 0.453. The minimum absolute atomic E-state index is 0.235. The second kappa shape index (κ2) is 6.06. The maximum absolute atomic E-state index is 11.5. The minimum atomic E-state index is -4.10. The molecule has 0 saturated carbocycles. The zero-order chi connectivity index (χ0) is 9.45. The van der Waals surface area contributed by atoms with Gasteiger partial charge < -0.3 is 4.74 Å². The number of hydrogen-bond donors (Lipinski definition) is 0. The maximum Gasteiger partial charge on any atom is 0.391 e. The van der Waals surface area contributed by atoms with E-state index in [0.717, 1.165) is 12.8 Å². The average Bonchev–Trinajstić information content (AvgIpc) is 1.94. The van der Waals surface area contributed by atoms with Gasteiger partial charge in [0.05, 0.1) is 13.0 Å². The molecule has 0 aromatic rings. The van der Waals surface area contributed by atoms with Crippen LogP contribution in [0.2, 0.25) is 0 Å². The summed E-state index contributed by atoms with van der Waals surface area (Å²) in [6.07, 6.45) is -1.72. The van der Waals surface area contributed by atoms with Gasteiger partial charge in [0.1, 0.15) is 0 Å². The van der Waals surface area contributed by atoms with Crippen LogP contribution < -0.4 is 0 Å². The van der Waals surface area contributed by atoms with Crippen LogP contribution in [0, 0.1) is 0 Å². The Bertz CT molecular complexity index is 120. The van der Waals surface area contributed by atoms with Gasteiger partial charge in [-0.3, -0.25) is 0 Å². The van der Waals surface area contributed by atoms with E-state index in [1.807, 2.05) is 0 Å². The molecule has 0 rings (SSSR count). The lowest BCUT2D eigenvalue weighted by molar-refractivity contribution is -0.145. The molecule has 0 atom stereocenters. The molecule has 0 heterocycles. The van der Waals surface area contributed by atoms with Crippen LogP contribution in [0.4, 0.5) is 13.2 Å². The molecule has 1 nitrogen and oxygen atoms in total. The third-order valence-electron chi connectivity index (χ3n) is 1.23. The molecule has 0 saturated heterocycles. The summed E-state index contributed by atoms with van der Waals surface area (Å²) in [5.41, 5.74) is 0. The molecule has 0 aliphatic rings. The second-order valence-electron chi connectivity index (χ2n) is 2.41. The first-order chi connectivity index (χ1) is 5.56. The molecule has 0 unspecified atom stereocenters. The van der Waals surface area contributed by atoms with Gasteiger partial charge in [0.2, 0.25) is 0 Å². The molecule has 0 aliphatic carbocycles. The van der Waals surface area contributed by atoms with Crippen LogP contribution >= 0.6 is 0 Å². The lowest BCUT2D eigenvalue weighted by atomic mass is 10.3. The lowest BCUT2D eigenvalue weighted by Crippen LogP contribution is -2.11. The van der Waals surface area contributed by atoms with Crippen molar-refractivity contribution in [3.8, 4) is 0 Å². The summed E-state index contributed by atoms with van der Waals surface area (Å²) < 4.78 is 39.3. The molecule has 72 valence electrons. The number of rotatable bonds is 6.